The molecule has 0 unspecified atom stereocenters. The first-order valence-corrected chi connectivity index (χ1v) is 6.13. The van der Waals surface area contributed by atoms with Gasteiger partial charge in [-0.2, -0.15) is 0 Å². The number of rotatable bonds is 4. The van der Waals surface area contributed by atoms with Crippen LogP contribution in [0.15, 0.2) is 47.5 Å². The van der Waals surface area contributed by atoms with Gasteiger partial charge in [-0.15, -0.1) is 0 Å². The molecule has 2 aromatic rings. The third-order valence-electron chi connectivity index (χ3n) is 2.75. The minimum Gasteiger partial charge on any atom is -0.462 e. The van der Waals surface area contributed by atoms with E-state index in [-0.39, 0.29) is 17.6 Å². The van der Waals surface area contributed by atoms with Crippen LogP contribution in [0.5, 0.6) is 0 Å². The molecule has 0 radical (unpaired) electrons. The van der Waals surface area contributed by atoms with E-state index in [1.165, 1.54) is 6.20 Å². The molecule has 4 nitrogen and oxygen atoms in total. The molecule has 0 atom stereocenters. The van der Waals surface area contributed by atoms with Gasteiger partial charge in [-0.05, 0) is 12.5 Å². The summed E-state index contributed by atoms with van der Waals surface area (Å²) in [7, 11) is 0. The van der Waals surface area contributed by atoms with Crippen LogP contribution in [0.25, 0.3) is 0 Å². The van der Waals surface area contributed by atoms with Gasteiger partial charge in [0.25, 0.3) is 0 Å². The van der Waals surface area contributed by atoms with Crippen molar-refractivity contribution in [1.82, 2.24) is 4.98 Å². The van der Waals surface area contributed by atoms with Gasteiger partial charge in [0.1, 0.15) is 5.56 Å². The average Bonchev–Trinajstić information content (AvgIpc) is 2.42. The monoisotopic (exact) mass is 257 g/mol. The Morgan fingerprint density at radius 1 is 1.21 bits per heavy atom. The van der Waals surface area contributed by atoms with Crippen LogP contribution in [0.3, 0.4) is 0 Å². The van der Waals surface area contributed by atoms with Crippen LogP contribution in [0, 0.1) is 0 Å². The topological polar surface area (TPSA) is 59.2 Å². The molecule has 1 heterocycles. The number of carbonyl (C=O) groups excluding carboxylic acids is 1. The van der Waals surface area contributed by atoms with Gasteiger partial charge in [-0.3, -0.25) is 4.79 Å². The molecule has 1 aromatic heterocycles. The van der Waals surface area contributed by atoms with Crippen molar-refractivity contribution in [1.29, 1.82) is 0 Å². The first-order chi connectivity index (χ1) is 9.22. The van der Waals surface area contributed by atoms with Gasteiger partial charge in [0.05, 0.1) is 6.61 Å². The molecule has 0 aliphatic rings. The largest absolute Gasteiger partial charge is 0.462 e. The molecule has 98 valence electrons. The second-order valence-corrected chi connectivity index (χ2v) is 4.11. The third-order valence-corrected chi connectivity index (χ3v) is 2.75. The van der Waals surface area contributed by atoms with Crippen molar-refractivity contribution in [3.63, 3.8) is 0 Å². The molecule has 2 rings (SSSR count). The number of pyridine rings is 1. The van der Waals surface area contributed by atoms with Crippen molar-refractivity contribution in [3.8, 4) is 0 Å². The fraction of sp³-hybridized carbons (Fsp3) is 0.200. The van der Waals surface area contributed by atoms with Gasteiger partial charge in [-0.1, -0.05) is 30.3 Å². The number of hydrogen-bond donors (Lipinski definition) is 1. The van der Waals surface area contributed by atoms with E-state index in [0.717, 1.165) is 5.56 Å². The summed E-state index contributed by atoms with van der Waals surface area (Å²) < 4.78 is 4.86. The van der Waals surface area contributed by atoms with E-state index in [1.807, 2.05) is 30.3 Å². The van der Waals surface area contributed by atoms with Crippen molar-refractivity contribution < 1.29 is 9.53 Å². The number of esters is 1. The summed E-state index contributed by atoms with van der Waals surface area (Å²) in [4.78, 5) is 26.6. The molecular weight excluding hydrogens is 242 g/mol. The predicted octanol–water partition coefficient (Wildman–Crippen LogP) is 2.14. The highest BCUT2D eigenvalue weighted by Gasteiger charge is 2.14. The van der Waals surface area contributed by atoms with E-state index in [9.17, 15) is 9.59 Å². The molecule has 0 saturated heterocycles. The summed E-state index contributed by atoms with van der Waals surface area (Å²) in [5.41, 5.74) is 1.35. The molecule has 1 aromatic carbocycles. The Morgan fingerprint density at radius 2 is 1.95 bits per heavy atom. The molecule has 0 saturated carbocycles. The van der Waals surface area contributed by atoms with Gasteiger partial charge in [-0.25, -0.2) is 4.79 Å². The van der Waals surface area contributed by atoms with Crippen LogP contribution < -0.4 is 5.43 Å². The van der Waals surface area contributed by atoms with Crippen molar-refractivity contribution >= 4 is 5.97 Å². The molecule has 0 amide bonds. The van der Waals surface area contributed by atoms with Gasteiger partial charge >= 0.3 is 5.97 Å². The fourth-order valence-electron chi connectivity index (χ4n) is 1.84. The Labute approximate surface area is 111 Å². The molecule has 0 aliphatic heterocycles. The van der Waals surface area contributed by atoms with E-state index >= 15 is 0 Å². The average molecular weight is 257 g/mol. The summed E-state index contributed by atoms with van der Waals surface area (Å²) >= 11 is 0. The molecule has 0 bridgehead atoms. The smallest absolute Gasteiger partial charge is 0.343 e. The summed E-state index contributed by atoms with van der Waals surface area (Å²) in [5.74, 6) is -0.585. The number of nitrogens with one attached hydrogen (secondary N) is 1. The van der Waals surface area contributed by atoms with Gasteiger partial charge in [0.2, 0.25) is 0 Å². The second-order valence-electron chi connectivity index (χ2n) is 4.11. The maximum atomic E-state index is 12.2. The summed E-state index contributed by atoms with van der Waals surface area (Å²) in [5, 5.41) is 0. The zero-order chi connectivity index (χ0) is 13.7. The third kappa shape index (κ3) is 3.10. The van der Waals surface area contributed by atoms with Crippen molar-refractivity contribution in [3.05, 3.63) is 69.6 Å². The van der Waals surface area contributed by atoms with E-state index in [0.29, 0.717) is 12.0 Å². The number of aromatic nitrogens is 1. The second kappa shape index (κ2) is 6.00. The number of aromatic amines is 1. The Morgan fingerprint density at radius 3 is 2.63 bits per heavy atom. The lowest BCUT2D eigenvalue weighted by Crippen LogP contribution is -2.21. The van der Waals surface area contributed by atoms with Crippen molar-refractivity contribution in [2.75, 3.05) is 6.61 Å². The Bertz CT molecular complexity index is 617. The minimum atomic E-state index is -0.585. The fourth-order valence-corrected chi connectivity index (χ4v) is 1.84. The Kier molecular flexibility index (Phi) is 4.13. The van der Waals surface area contributed by atoms with Crippen LogP contribution in [0.1, 0.15) is 28.4 Å². The highest BCUT2D eigenvalue weighted by atomic mass is 16.5. The lowest BCUT2D eigenvalue weighted by Gasteiger charge is -2.04. The first kappa shape index (κ1) is 13.1. The lowest BCUT2D eigenvalue weighted by molar-refractivity contribution is 0.0524. The number of H-pyrrole nitrogens is 1. The van der Waals surface area contributed by atoms with Crippen LogP contribution in [-0.4, -0.2) is 17.6 Å². The van der Waals surface area contributed by atoms with Crippen LogP contribution in [0.2, 0.25) is 0 Å². The minimum absolute atomic E-state index is 0.0512. The van der Waals surface area contributed by atoms with Crippen molar-refractivity contribution in [2.24, 2.45) is 0 Å². The zero-order valence-corrected chi connectivity index (χ0v) is 10.7. The van der Waals surface area contributed by atoms with Crippen LogP contribution in [-0.2, 0) is 11.2 Å². The summed E-state index contributed by atoms with van der Waals surface area (Å²) in [6.45, 7) is 1.96. The zero-order valence-electron chi connectivity index (χ0n) is 10.7. The maximum Gasteiger partial charge on any atom is 0.343 e. The highest BCUT2D eigenvalue weighted by molar-refractivity contribution is 5.89. The number of carbonyl (C=O) groups is 1. The normalized spacial score (nSPS) is 10.2. The Hall–Kier alpha value is -2.36. The van der Waals surface area contributed by atoms with Crippen molar-refractivity contribution in [2.45, 2.75) is 13.3 Å². The lowest BCUT2D eigenvalue weighted by atomic mass is 10.0. The molecule has 1 N–H and O–H groups in total. The number of ether oxygens (including phenoxy) is 1. The predicted molar refractivity (Wildman–Crippen MR) is 72.3 cm³/mol. The van der Waals surface area contributed by atoms with Crippen LogP contribution >= 0.6 is 0 Å². The van der Waals surface area contributed by atoms with E-state index in [2.05, 4.69) is 4.98 Å². The summed E-state index contributed by atoms with van der Waals surface area (Å²) in [6, 6.07) is 9.63. The summed E-state index contributed by atoms with van der Waals surface area (Å²) in [6.07, 6.45) is 3.50. The molecular formula is C15H15NO3. The highest BCUT2D eigenvalue weighted by Crippen LogP contribution is 2.06. The van der Waals surface area contributed by atoms with Gasteiger partial charge in [0.15, 0.2) is 5.43 Å². The molecule has 4 heteroatoms. The quantitative estimate of drug-likeness (QED) is 0.854. The number of benzene rings is 1. The maximum absolute atomic E-state index is 12.2. The molecule has 0 spiro atoms. The van der Waals surface area contributed by atoms with Gasteiger partial charge in [0, 0.05) is 24.4 Å². The standard InChI is InChI=1S/C15H15NO3/c1-2-19-15(18)13-10-16-9-12(14(13)17)8-11-6-4-3-5-7-11/h3-7,9-10H,2,8H2,1H3,(H,16,17). The van der Waals surface area contributed by atoms with E-state index in [4.69, 9.17) is 4.74 Å². The number of hydrogen-bond acceptors (Lipinski definition) is 3. The van der Waals surface area contributed by atoms with E-state index < -0.39 is 5.97 Å². The first-order valence-electron chi connectivity index (χ1n) is 6.13. The molecule has 19 heavy (non-hydrogen) atoms. The molecule has 0 fully saturated rings. The van der Waals surface area contributed by atoms with Gasteiger partial charge < -0.3 is 9.72 Å². The van der Waals surface area contributed by atoms with E-state index in [1.54, 1.807) is 13.1 Å². The molecule has 0 aliphatic carbocycles. The SMILES string of the molecule is CCOC(=O)c1c[nH]cc(Cc2ccccc2)c1=O. The Balaban J connectivity index is 2.30. The van der Waals surface area contributed by atoms with Crippen LogP contribution in [0.4, 0.5) is 0 Å².